The van der Waals surface area contributed by atoms with Gasteiger partial charge in [-0.1, -0.05) is 29.8 Å². The molecule has 2 aromatic carbocycles. The highest BCUT2D eigenvalue weighted by Crippen LogP contribution is 2.26. The van der Waals surface area contributed by atoms with E-state index in [1.165, 1.54) is 23.9 Å². The minimum Gasteiger partial charge on any atom is -0.369 e. The van der Waals surface area contributed by atoms with E-state index in [0.717, 1.165) is 4.90 Å². The van der Waals surface area contributed by atoms with Gasteiger partial charge in [0.2, 0.25) is 11.8 Å². The van der Waals surface area contributed by atoms with Crippen LogP contribution in [0.3, 0.4) is 0 Å². The van der Waals surface area contributed by atoms with Crippen LogP contribution in [-0.2, 0) is 16.1 Å². The summed E-state index contributed by atoms with van der Waals surface area (Å²) in [6.45, 7) is 0.260. The zero-order valence-electron chi connectivity index (χ0n) is 14.2. The lowest BCUT2D eigenvalue weighted by Crippen LogP contribution is -2.30. The Morgan fingerprint density at radius 3 is 2.65 bits per heavy atom. The summed E-state index contributed by atoms with van der Waals surface area (Å²) in [7, 11) is 1.70. The van der Waals surface area contributed by atoms with Crippen LogP contribution < -0.4 is 11.1 Å². The van der Waals surface area contributed by atoms with Gasteiger partial charge in [-0.25, -0.2) is 4.39 Å². The van der Waals surface area contributed by atoms with E-state index < -0.39 is 11.7 Å². The lowest BCUT2D eigenvalue weighted by atomic mass is 10.2. The fourth-order valence-electron chi connectivity index (χ4n) is 2.29. The first-order valence-electron chi connectivity index (χ1n) is 7.78. The lowest BCUT2D eigenvalue weighted by molar-refractivity contribution is -0.117. The van der Waals surface area contributed by atoms with Crippen LogP contribution in [-0.4, -0.2) is 36.1 Å². The van der Waals surface area contributed by atoms with Gasteiger partial charge in [0.15, 0.2) is 0 Å². The number of nitrogens with two attached hydrogens (primary N) is 1. The number of carbonyl (C=O) groups is 2. The number of carbonyl (C=O) groups excluding carboxylic acids is 2. The number of para-hydroxylation sites is 1. The van der Waals surface area contributed by atoms with Crippen molar-refractivity contribution in [2.45, 2.75) is 11.4 Å². The molecule has 0 unspecified atom stereocenters. The molecule has 0 atom stereocenters. The quantitative estimate of drug-likeness (QED) is 0.673. The highest BCUT2D eigenvalue weighted by molar-refractivity contribution is 8.00. The molecule has 5 nitrogen and oxygen atoms in total. The Bertz CT molecular complexity index is 784. The SMILES string of the molecule is CN(CC(=O)Nc1ccccc1SCC(N)=O)Cc1c(F)cccc1Cl. The topological polar surface area (TPSA) is 75.4 Å². The molecule has 0 saturated carbocycles. The Kier molecular flexibility index (Phi) is 7.44. The van der Waals surface area contributed by atoms with E-state index >= 15 is 0 Å². The summed E-state index contributed by atoms with van der Waals surface area (Å²) in [4.78, 5) is 25.7. The van der Waals surface area contributed by atoms with Gasteiger partial charge < -0.3 is 11.1 Å². The van der Waals surface area contributed by atoms with Crippen molar-refractivity contribution in [2.75, 3.05) is 24.7 Å². The molecule has 0 aliphatic carbocycles. The van der Waals surface area contributed by atoms with E-state index in [0.29, 0.717) is 16.3 Å². The molecular weight excluding hydrogens is 377 g/mol. The Hall–Kier alpha value is -2.09. The highest BCUT2D eigenvalue weighted by Gasteiger charge is 2.14. The summed E-state index contributed by atoms with van der Waals surface area (Å²) in [5, 5.41) is 3.12. The number of hydrogen-bond donors (Lipinski definition) is 2. The number of thioether (sulfide) groups is 1. The third-order valence-corrected chi connectivity index (χ3v) is 4.88. The minimum absolute atomic E-state index is 0.0550. The Labute approximate surface area is 160 Å². The lowest BCUT2D eigenvalue weighted by Gasteiger charge is -2.18. The Balaban J connectivity index is 1.97. The van der Waals surface area contributed by atoms with Crippen molar-refractivity contribution >= 4 is 40.9 Å². The van der Waals surface area contributed by atoms with Crippen molar-refractivity contribution in [3.8, 4) is 0 Å². The minimum atomic E-state index is -0.433. The first-order valence-corrected chi connectivity index (χ1v) is 9.14. The second-order valence-electron chi connectivity index (χ2n) is 5.67. The number of anilines is 1. The van der Waals surface area contributed by atoms with Crippen molar-refractivity contribution < 1.29 is 14.0 Å². The molecule has 0 radical (unpaired) electrons. The molecule has 3 N–H and O–H groups in total. The van der Waals surface area contributed by atoms with E-state index in [9.17, 15) is 14.0 Å². The summed E-state index contributed by atoms with van der Waals surface area (Å²) >= 11 is 7.27. The molecule has 0 saturated heterocycles. The van der Waals surface area contributed by atoms with E-state index in [-0.39, 0.29) is 24.7 Å². The van der Waals surface area contributed by atoms with E-state index in [1.54, 1.807) is 36.2 Å². The van der Waals surface area contributed by atoms with Crippen LogP contribution in [0.4, 0.5) is 10.1 Å². The van der Waals surface area contributed by atoms with Crippen LogP contribution in [0.15, 0.2) is 47.4 Å². The number of benzene rings is 2. The maximum Gasteiger partial charge on any atom is 0.238 e. The maximum absolute atomic E-state index is 13.8. The summed E-state index contributed by atoms with van der Waals surface area (Å²) in [6, 6.07) is 11.6. The molecule has 0 heterocycles. The van der Waals surface area contributed by atoms with Crippen molar-refractivity contribution in [2.24, 2.45) is 5.73 Å². The number of hydrogen-bond acceptors (Lipinski definition) is 4. The summed E-state index contributed by atoms with van der Waals surface area (Å²) < 4.78 is 13.8. The van der Waals surface area contributed by atoms with Gasteiger partial charge in [-0.15, -0.1) is 11.8 Å². The second kappa shape index (κ2) is 9.56. The number of primary amides is 1. The standard InChI is InChI=1S/C18H19ClFN3O2S/c1-23(9-12-13(19)5-4-6-14(12)20)10-18(25)22-15-7-2-3-8-16(15)26-11-17(21)24/h2-8H,9-11H2,1H3,(H2,21,24)(H,22,25). The fourth-order valence-corrected chi connectivity index (χ4v) is 3.26. The monoisotopic (exact) mass is 395 g/mol. The molecule has 8 heteroatoms. The Morgan fingerprint density at radius 2 is 1.96 bits per heavy atom. The molecule has 2 rings (SSSR count). The van der Waals surface area contributed by atoms with Crippen LogP contribution in [0, 0.1) is 5.82 Å². The first kappa shape index (κ1) is 20.2. The maximum atomic E-state index is 13.8. The molecule has 0 aliphatic rings. The Morgan fingerprint density at radius 1 is 1.23 bits per heavy atom. The van der Waals surface area contributed by atoms with Crippen LogP contribution in [0.25, 0.3) is 0 Å². The van der Waals surface area contributed by atoms with Gasteiger partial charge in [0.25, 0.3) is 0 Å². The zero-order valence-corrected chi connectivity index (χ0v) is 15.7. The molecule has 26 heavy (non-hydrogen) atoms. The van der Waals surface area contributed by atoms with Gasteiger partial charge in [-0.05, 0) is 31.3 Å². The van der Waals surface area contributed by atoms with Gasteiger partial charge in [0.05, 0.1) is 18.0 Å². The normalized spacial score (nSPS) is 10.8. The van der Waals surface area contributed by atoms with Crippen molar-refractivity contribution in [3.05, 3.63) is 58.9 Å². The molecular formula is C18H19ClFN3O2S. The van der Waals surface area contributed by atoms with Gasteiger partial charge in [-0.3, -0.25) is 14.5 Å². The number of rotatable bonds is 8. The van der Waals surface area contributed by atoms with E-state index in [1.807, 2.05) is 6.07 Å². The molecule has 2 amide bonds. The molecule has 2 aromatic rings. The smallest absolute Gasteiger partial charge is 0.238 e. The van der Waals surface area contributed by atoms with Gasteiger partial charge >= 0.3 is 0 Å². The first-order chi connectivity index (χ1) is 12.4. The average Bonchev–Trinajstić information content (AvgIpc) is 2.57. The number of amides is 2. The second-order valence-corrected chi connectivity index (χ2v) is 7.10. The van der Waals surface area contributed by atoms with Gasteiger partial charge in [0, 0.05) is 22.0 Å². The number of likely N-dealkylation sites (N-methyl/N-ethyl adjacent to an activating group) is 1. The molecule has 0 aliphatic heterocycles. The summed E-state index contributed by atoms with van der Waals surface area (Å²) in [5.74, 6) is -0.971. The van der Waals surface area contributed by atoms with Crippen LogP contribution in [0.2, 0.25) is 5.02 Å². The predicted octanol–water partition coefficient (Wildman–Crippen LogP) is 3.13. The van der Waals surface area contributed by atoms with Crippen LogP contribution in [0.5, 0.6) is 0 Å². The van der Waals surface area contributed by atoms with Crippen LogP contribution >= 0.6 is 23.4 Å². The average molecular weight is 396 g/mol. The van der Waals surface area contributed by atoms with Gasteiger partial charge in [0.1, 0.15) is 5.82 Å². The predicted molar refractivity (Wildman–Crippen MR) is 103 cm³/mol. The largest absolute Gasteiger partial charge is 0.369 e. The summed E-state index contributed by atoms with van der Waals surface area (Å²) in [5.41, 5.74) is 6.11. The van der Waals surface area contributed by atoms with Crippen molar-refractivity contribution in [1.29, 1.82) is 0 Å². The fraction of sp³-hybridized carbons (Fsp3) is 0.222. The van der Waals surface area contributed by atoms with Crippen molar-refractivity contribution in [3.63, 3.8) is 0 Å². The zero-order chi connectivity index (χ0) is 19.1. The van der Waals surface area contributed by atoms with E-state index in [2.05, 4.69) is 5.32 Å². The summed E-state index contributed by atoms with van der Waals surface area (Å²) in [6.07, 6.45) is 0. The molecule has 0 spiro atoms. The third-order valence-electron chi connectivity index (χ3n) is 3.43. The molecule has 138 valence electrons. The van der Waals surface area contributed by atoms with Crippen LogP contribution in [0.1, 0.15) is 5.56 Å². The van der Waals surface area contributed by atoms with E-state index in [4.69, 9.17) is 17.3 Å². The van der Waals surface area contributed by atoms with Crippen molar-refractivity contribution in [1.82, 2.24) is 4.90 Å². The number of halogens is 2. The highest BCUT2D eigenvalue weighted by atomic mass is 35.5. The number of nitrogens with zero attached hydrogens (tertiary/aromatic N) is 1. The van der Waals surface area contributed by atoms with Gasteiger partial charge in [-0.2, -0.15) is 0 Å². The molecule has 0 bridgehead atoms. The number of nitrogens with one attached hydrogen (secondary N) is 1. The molecule has 0 aromatic heterocycles. The third kappa shape index (κ3) is 6.01. The molecule has 0 fully saturated rings.